The molecule has 2 aromatic rings. The van der Waals surface area contributed by atoms with Crippen LogP contribution in [0.1, 0.15) is 23.2 Å². The quantitative estimate of drug-likeness (QED) is 0.922. The van der Waals surface area contributed by atoms with E-state index in [1.165, 1.54) is 0 Å². The largest absolute Gasteiger partial charge is 0.376 e. The van der Waals surface area contributed by atoms with Crippen LogP contribution in [0.4, 0.5) is 0 Å². The predicted octanol–water partition coefficient (Wildman–Crippen LogP) is 1.78. The second-order valence-corrected chi connectivity index (χ2v) is 4.86. The average molecular weight is 271 g/mol. The number of nitrogens with zero attached hydrogens (tertiary/aromatic N) is 2. The average Bonchev–Trinajstić information content (AvgIpc) is 3.18. The van der Waals surface area contributed by atoms with Gasteiger partial charge in [0.15, 0.2) is 0 Å². The van der Waals surface area contributed by atoms with E-state index in [1.807, 2.05) is 35.0 Å². The van der Waals surface area contributed by atoms with E-state index in [1.54, 1.807) is 12.5 Å². The van der Waals surface area contributed by atoms with Crippen LogP contribution in [0.25, 0.3) is 5.69 Å². The molecule has 20 heavy (non-hydrogen) atoms. The molecule has 1 aromatic heterocycles. The molecule has 0 saturated carbocycles. The number of carbonyl (C=O) groups is 1. The van der Waals surface area contributed by atoms with Crippen molar-refractivity contribution in [3.8, 4) is 5.69 Å². The molecular weight excluding hydrogens is 254 g/mol. The fraction of sp³-hybridized carbons (Fsp3) is 0.333. The minimum absolute atomic E-state index is 0.0577. The Hall–Kier alpha value is -2.14. The number of hydrogen-bond acceptors (Lipinski definition) is 3. The molecule has 1 aliphatic rings. The van der Waals surface area contributed by atoms with Crippen LogP contribution in [-0.2, 0) is 4.74 Å². The van der Waals surface area contributed by atoms with Gasteiger partial charge < -0.3 is 14.6 Å². The van der Waals surface area contributed by atoms with Gasteiger partial charge in [0.25, 0.3) is 5.91 Å². The van der Waals surface area contributed by atoms with Crippen molar-refractivity contribution in [2.75, 3.05) is 13.2 Å². The van der Waals surface area contributed by atoms with E-state index in [9.17, 15) is 4.79 Å². The zero-order valence-corrected chi connectivity index (χ0v) is 11.2. The highest BCUT2D eigenvalue weighted by molar-refractivity contribution is 5.94. The molecule has 1 aliphatic heterocycles. The van der Waals surface area contributed by atoms with Crippen molar-refractivity contribution >= 4 is 5.91 Å². The van der Waals surface area contributed by atoms with E-state index in [4.69, 9.17) is 4.74 Å². The number of carbonyl (C=O) groups excluding carboxylic acids is 1. The summed E-state index contributed by atoms with van der Waals surface area (Å²) in [6, 6.07) is 7.45. The number of hydrogen-bond donors (Lipinski definition) is 1. The molecule has 1 amide bonds. The fourth-order valence-electron chi connectivity index (χ4n) is 2.31. The molecule has 0 radical (unpaired) electrons. The molecular formula is C15H17N3O2. The van der Waals surface area contributed by atoms with Gasteiger partial charge in [0.1, 0.15) is 0 Å². The molecule has 104 valence electrons. The van der Waals surface area contributed by atoms with E-state index >= 15 is 0 Å². The molecule has 1 saturated heterocycles. The number of ether oxygens (including phenoxy) is 1. The van der Waals surface area contributed by atoms with E-state index in [0.29, 0.717) is 12.1 Å². The zero-order chi connectivity index (χ0) is 13.8. The third-order valence-electron chi connectivity index (χ3n) is 3.45. The maximum atomic E-state index is 12.0. The molecule has 1 aromatic carbocycles. The SMILES string of the molecule is O=C(NC[C@H]1CCCO1)c1ccc(-n2ccnc2)cc1. The highest BCUT2D eigenvalue weighted by atomic mass is 16.5. The summed E-state index contributed by atoms with van der Waals surface area (Å²) in [5.41, 5.74) is 1.64. The highest BCUT2D eigenvalue weighted by Crippen LogP contribution is 2.12. The third-order valence-corrected chi connectivity index (χ3v) is 3.45. The Bertz CT molecular complexity index is 557. The standard InChI is InChI=1S/C15H17N3O2/c19-15(17-10-14-2-1-9-20-14)12-3-5-13(6-4-12)18-8-7-16-11-18/h3-8,11,14H,1-2,9-10H2,(H,17,19)/t14-/m1/s1. The van der Waals surface area contributed by atoms with Crippen LogP contribution in [0.5, 0.6) is 0 Å². The van der Waals surface area contributed by atoms with Gasteiger partial charge in [-0.05, 0) is 37.1 Å². The first-order valence-corrected chi connectivity index (χ1v) is 6.81. The summed E-state index contributed by atoms with van der Waals surface area (Å²) in [6.07, 6.45) is 7.60. The summed E-state index contributed by atoms with van der Waals surface area (Å²) in [5.74, 6) is -0.0577. The smallest absolute Gasteiger partial charge is 0.251 e. The lowest BCUT2D eigenvalue weighted by Crippen LogP contribution is -2.31. The van der Waals surface area contributed by atoms with Crippen LogP contribution in [0.2, 0.25) is 0 Å². The monoisotopic (exact) mass is 271 g/mol. The number of amides is 1. The Kier molecular flexibility index (Phi) is 3.78. The molecule has 0 bridgehead atoms. The zero-order valence-electron chi connectivity index (χ0n) is 11.2. The predicted molar refractivity (Wildman–Crippen MR) is 74.9 cm³/mol. The van der Waals surface area contributed by atoms with Crippen LogP contribution in [-0.4, -0.2) is 34.7 Å². The lowest BCUT2D eigenvalue weighted by Gasteiger charge is -2.11. The van der Waals surface area contributed by atoms with Crippen molar-refractivity contribution in [1.29, 1.82) is 0 Å². The van der Waals surface area contributed by atoms with E-state index in [0.717, 1.165) is 25.1 Å². The summed E-state index contributed by atoms with van der Waals surface area (Å²) in [6.45, 7) is 1.39. The molecule has 5 heteroatoms. The Morgan fingerprint density at radius 3 is 2.90 bits per heavy atom. The number of imidazole rings is 1. The van der Waals surface area contributed by atoms with Gasteiger partial charge in [0.05, 0.1) is 12.4 Å². The van der Waals surface area contributed by atoms with Gasteiger partial charge in [-0.25, -0.2) is 4.98 Å². The number of rotatable bonds is 4. The lowest BCUT2D eigenvalue weighted by molar-refractivity contribution is 0.0858. The lowest BCUT2D eigenvalue weighted by atomic mass is 10.2. The summed E-state index contributed by atoms with van der Waals surface area (Å²) < 4.78 is 7.38. The van der Waals surface area contributed by atoms with Crippen LogP contribution < -0.4 is 5.32 Å². The maximum Gasteiger partial charge on any atom is 0.251 e. The fourth-order valence-corrected chi connectivity index (χ4v) is 2.31. The van der Waals surface area contributed by atoms with Gasteiger partial charge in [-0.2, -0.15) is 0 Å². The topological polar surface area (TPSA) is 56.1 Å². The molecule has 1 N–H and O–H groups in total. The molecule has 2 heterocycles. The second-order valence-electron chi connectivity index (χ2n) is 4.86. The molecule has 1 fully saturated rings. The van der Waals surface area contributed by atoms with Crippen LogP contribution in [0.3, 0.4) is 0 Å². The number of aromatic nitrogens is 2. The normalized spacial score (nSPS) is 18.1. The van der Waals surface area contributed by atoms with Gasteiger partial charge in [-0.15, -0.1) is 0 Å². The minimum atomic E-state index is -0.0577. The third kappa shape index (κ3) is 2.88. The minimum Gasteiger partial charge on any atom is -0.376 e. The van der Waals surface area contributed by atoms with E-state index in [-0.39, 0.29) is 12.0 Å². The van der Waals surface area contributed by atoms with E-state index in [2.05, 4.69) is 10.3 Å². The van der Waals surface area contributed by atoms with Crippen molar-refractivity contribution in [3.05, 3.63) is 48.5 Å². The Morgan fingerprint density at radius 2 is 2.25 bits per heavy atom. The summed E-state index contributed by atoms with van der Waals surface area (Å²) >= 11 is 0. The van der Waals surface area contributed by atoms with Gasteiger partial charge in [0.2, 0.25) is 0 Å². The van der Waals surface area contributed by atoms with E-state index < -0.39 is 0 Å². The molecule has 5 nitrogen and oxygen atoms in total. The van der Waals surface area contributed by atoms with Crippen molar-refractivity contribution in [1.82, 2.24) is 14.9 Å². The van der Waals surface area contributed by atoms with Gasteiger partial charge >= 0.3 is 0 Å². The van der Waals surface area contributed by atoms with Gasteiger partial charge in [0, 0.05) is 36.8 Å². The first-order valence-electron chi connectivity index (χ1n) is 6.81. The first-order chi connectivity index (χ1) is 9.83. The number of benzene rings is 1. The maximum absolute atomic E-state index is 12.0. The van der Waals surface area contributed by atoms with Crippen molar-refractivity contribution in [2.45, 2.75) is 18.9 Å². The summed E-state index contributed by atoms with van der Waals surface area (Å²) in [5, 5.41) is 2.91. The van der Waals surface area contributed by atoms with Crippen LogP contribution in [0, 0.1) is 0 Å². The Labute approximate surface area is 117 Å². The van der Waals surface area contributed by atoms with Crippen molar-refractivity contribution in [3.63, 3.8) is 0 Å². The van der Waals surface area contributed by atoms with Crippen molar-refractivity contribution in [2.24, 2.45) is 0 Å². The first kappa shape index (κ1) is 12.9. The molecule has 3 rings (SSSR count). The van der Waals surface area contributed by atoms with Crippen molar-refractivity contribution < 1.29 is 9.53 Å². The summed E-state index contributed by atoms with van der Waals surface area (Å²) in [7, 11) is 0. The van der Waals surface area contributed by atoms with Gasteiger partial charge in [-0.3, -0.25) is 4.79 Å². The molecule has 0 unspecified atom stereocenters. The number of nitrogens with one attached hydrogen (secondary N) is 1. The molecule has 1 atom stereocenters. The highest BCUT2D eigenvalue weighted by Gasteiger charge is 2.16. The van der Waals surface area contributed by atoms with Gasteiger partial charge in [-0.1, -0.05) is 0 Å². The van der Waals surface area contributed by atoms with Crippen LogP contribution in [0.15, 0.2) is 43.0 Å². The summed E-state index contributed by atoms with van der Waals surface area (Å²) in [4.78, 5) is 16.0. The molecule has 0 aliphatic carbocycles. The Balaban J connectivity index is 1.60. The Morgan fingerprint density at radius 1 is 1.40 bits per heavy atom. The van der Waals surface area contributed by atoms with Crippen LogP contribution >= 0.6 is 0 Å². The second kappa shape index (κ2) is 5.88. The molecule has 0 spiro atoms.